The molecular weight excluding hydrogens is 378 g/mol. The summed E-state index contributed by atoms with van der Waals surface area (Å²) in [6, 6.07) is 14.9. The average molecular weight is 402 g/mol. The first-order chi connectivity index (χ1) is 14.5. The molecule has 4 aromatic rings. The molecule has 3 N–H and O–H groups in total. The Balaban J connectivity index is 1.87. The van der Waals surface area contributed by atoms with Crippen LogP contribution in [0.4, 0.5) is 5.82 Å². The zero-order valence-electron chi connectivity index (χ0n) is 17.1. The molecule has 0 spiro atoms. The highest BCUT2D eigenvalue weighted by molar-refractivity contribution is 6.00. The maximum atomic E-state index is 13.2. The van der Waals surface area contributed by atoms with Gasteiger partial charge in [0, 0.05) is 18.3 Å². The van der Waals surface area contributed by atoms with E-state index in [-0.39, 0.29) is 17.0 Å². The van der Waals surface area contributed by atoms with Gasteiger partial charge in [-0.05, 0) is 31.0 Å². The Kier molecular flexibility index (Phi) is 5.18. The lowest BCUT2D eigenvalue weighted by molar-refractivity contribution is -0.658. The minimum absolute atomic E-state index is 0.222. The Morgan fingerprint density at radius 2 is 1.97 bits per heavy atom. The van der Waals surface area contributed by atoms with Gasteiger partial charge in [0.2, 0.25) is 11.5 Å². The van der Waals surface area contributed by atoms with Gasteiger partial charge in [-0.25, -0.2) is 4.57 Å². The molecule has 152 valence electrons. The van der Waals surface area contributed by atoms with Crippen molar-refractivity contribution in [2.45, 2.75) is 33.4 Å². The first-order valence-electron chi connectivity index (χ1n) is 9.97. The van der Waals surface area contributed by atoms with Crippen LogP contribution in [0.1, 0.15) is 34.8 Å². The molecule has 0 atom stereocenters. The van der Waals surface area contributed by atoms with E-state index in [1.54, 1.807) is 16.8 Å². The van der Waals surface area contributed by atoms with Crippen LogP contribution < -0.4 is 21.2 Å². The third kappa shape index (κ3) is 3.39. The number of nitrogens with one attached hydrogen (secondary N) is 1. The van der Waals surface area contributed by atoms with E-state index in [0.717, 1.165) is 17.5 Å². The first-order valence-corrected chi connectivity index (χ1v) is 9.97. The number of rotatable bonds is 5. The zero-order chi connectivity index (χ0) is 21.3. The number of nitrogen functional groups attached to an aromatic ring is 1. The molecule has 7 heteroatoms. The summed E-state index contributed by atoms with van der Waals surface area (Å²) in [6.07, 6.45) is 2.47. The highest BCUT2D eigenvalue weighted by Crippen LogP contribution is 2.16. The van der Waals surface area contributed by atoms with Crippen LogP contribution >= 0.6 is 0 Å². The molecule has 0 aliphatic carbocycles. The largest absolute Gasteiger partial charge is 0.348 e. The summed E-state index contributed by atoms with van der Waals surface area (Å²) in [4.78, 5) is 30.9. The second-order valence-electron chi connectivity index (χ2n) is 7.30. The van der Waals surface area contributed by atoms with E-state index in [1.807, 2.05) is 56.3 Å². The van der Waals surface area contributed by atoms with Gasteiger partial charge in [-0.2, -0.15) is 0 Å². The molecule has 0 bridgehead atoms. The van der Waals surface area contributed by atoms with E-state index in [1.165, 1.54) is 4.40 Å². The number of hydrogen-bond acceptors (Lipinski definition) is 4. The van der Waals surface area contributed by atoms with Gasteiger partial charge in [0.1, 0.15) is 10.9 Å². The summed E-state index contributed by atoms with van der Waals surface area (Å²) in [5, 5.41) is 3.26. The van der Waals surface area contributed by atoms with E-state index in [2.05, 4.69) is 5.32 Å². The van der Waals surface area contributed by atoms with Crippen molar-refractivity contribution >= 4 is 28.4 Å². The van der Waals surface area contributed by atoms with E-state index in [4.69, 9.17) is 10.7 Å². The molecule has 1 amide bonds. The van der Waals surface area contributed by atoms with Gasteiger partial charge in [-0.3, -0.25) is 14.0 Å². The molecule has 0 unspecified atom stereocenters. The quantitative estimate of drug-likeness (QED) is 0.396. The minimum Gasteiger partial charge on any atom is -0.348 e. The maximum Gasteiger partial charge on any atom is 0.278 e. The number of carbonyl (C=O) groups is 1. The van der Waals surface area contributed by atoms with Crippen molar-refractivity contribution in [1.29, 1.82) is 0 Å². The molecule has 0 radical (unpaired) electrons. The van der Waals surface area contributed by atoms with Gasteiger partial charge in [0.15, 0.2) is 0 Å². The van der Waals surface area contributed by atoms with Gasteiger partial charge in [-0.1, -0.05) is 48.3 Å². The van der Waals surface area contributed by atoms with Crippen molar-refractivity contribution in [2.75, 3.05) is 5.73 Å². The fourth-order valence-corrected chi connectivity index (χ4v) is 3.62. The van der Waals surface area contributed by atoms with Crippen LogP contribution in [0.25, 0.3) is 16.7 Å². The van der Waals surface area contributed by atoms with Crippen LogP contribution in [-0.2, 0) is 13.1 Å². The van der Waals surface area contributed by atoms with Crippen molar-refractivity contribution in [3.8, 4) is 0 Å². The van der Waals surface area contributed by atoms with Crippen LogP contribution in [0.5, 0.6) is 0 Å². The molecule has 0 aliphatic rings. The summed E-state index contributed by atoms with van der Waals surface area (Å²) in [6.45, 7) is 4.85. The number of amides is 1. The molecular formula is C23H24N5O2+. The van der Waals surface area contributed by atoms with E-state index < -0.39 is 0 Å². The molecule has 7 nitrogen and oxygen atoms in total. The number of hydrogen-bond donors (Lipinski definition) is 2. The zero-order valence-corrected chi connectivity index (χ0v) is 17.1. The predicted molar refractivity (Wildman–Crippen MR) is 116 cm³/mol. The number of benzene rings is 1. The lowest BCUT2D eigenvalue weighted by Gasteiger charge is -2.12. The Morgan fingerprint density at radius 1 is 1.20 bits per heavy atom. The normalized spacial score (nSPS) is 11.1. The Hall–Kier alpha value is -3.74. The van der Waals surface area contributed by atoms with E-state index in [9.17, 15) is 9.59 Å². The highest BCUT2D eigenvalue weighted by atomic mass is 16.1. The lowest BCUT2D eigenvalue weighted by Crippen LogP contribution is -2.42. The third-order valence-electron chi connectivity index (χ3n) is 5.16. The van der Waals surface area contributed by atoms with Crippen molar-refractivity contribution in [3.05, 3.63) is 81.8 Å². The van der Waals surface area contributed by atoms with Crippen LogP contribution in [0.2, 0.25) is 0 Å². The van der Waals surface area contributed by atoms with Gasteiger partial charge < -0.3 is 11.1 Å². The van der Waals surface area contributed by atoms with Gasteiger partial charge in [0.05, 0.1) is 6.54 Å². The lowest BCUT2D eigenvalue weighted by atomic mass is 10.1. The molecule has 0 saturated carbocycles. The van der Waals surface area contributed by atoms with Gasteiger partial charge >= 0.3 is 0 Å². The topological polar surface area (TPSA) is 93.4 Å². The maximum absolute atomic E-state index is 13.2. The number of aromatic nitrogens is 3. The minimum atomic E-state index is -0.322. The molecule has 4 rings (SSSR count). The highest BCUT2D eigenvalue weighted by Gasteiger charge is 2.24. The van der Waals surface area contributed by atoms with Crippen molar-refractivity contribution in [1.82, 2.24) is 14.7 Å². The van der Waals surface area contributed by atoms with E-state index >= 15 is 0 Å². The van der Waals surface area contributed by atoms with Crippen LogP contribution in [-0.4, -0.2) is 15.3 Å². The fourth-order valence-electron chi connectivity index (χ4n) is 3.62. The smallest absolute Gasteiger partial charge is 0.278 e. The molecule has 0 saturated heterocycles. The Labute approximate surface area is 173 Å². The van der Waals surface area contributed by atoms with Crippen molar-refractivity contribution in [3.63, 3.8) is 0 Å². The average Bonchev–Trinajstić information content (AvgIpc) is 2.76. The van der Waals surface area contributed by atoms with Crippen molar-refractivity contribution < 1.29 is 9.36 Å². The van der Waals surface area contributed by atoms with Crippen LogP contribution in [0, 0.1) is 6.92 Å². The Bertz CT molecular complexity index is 1310. The monoisotopic (exact) mass is 402 g/mol. The molecule has 30 heavy (non-hydrogen) atoms. The van der Waals surface area contributed by atoms with Crippen LogP contribution in [0.3, 0.4) is 0 Å². The summed E-state index contributed by atoms with van der Waals surface area (Å²) < 4.78 is 3.27. The summed E-state index contributed by atoms with van der Waals surface area (Å²) in [5.41, 5.74) is 9.40. The molecule has 3 heterocycles. The third-order valence-corrected chi connectivity index (χ3v) is 5.16. The fraction of sp³-hybridized carbons (Fsp3) is 0.217. The number of anilines is 1. The summed E-state index contributed by atoms with van der Waals surface area (Å²) >= 11 is 0. The van der Waals surface area contributed by atoms with Crippen LogP contribution in [0.15, 0.2) is 59.5 Å². The summed E-state index contributed by atoms with van der Waals surface area (Å²) in [7, 11) is 0. The number of fused-ring (bicyclic) bond motifs is 2. The van der Waals surface area contributed by atoms with E-state index in [0.29, 0.717) is 35.6 Å². The number of aryl methyl sites for hydroxylation is 2. The molecule has 3 aromatic heterocycles. The Morgan fingerprint density at radius 3 is 2.70 bits per heavy atom. The van der Waals surface area contributed by atoms with Crippen molar-refractivity contribution in [2.24, 2.45) is 0 Å². The second-order valence-corrected chi connectivity index (χ2v) is 7.30. The number of pyridine rings is 2. The molecule has 0 aliphatic heterocycles. The van der Waals surface area contributed by atoms with Gasteiger partial charge in [0.25, 0.3) is 17.1 Å². The molecule has 1 aromatic carbocycles. The molecule has 0 fully saturated rings. The summed E-state index contributed by atoms with van der Waals surface area (Å²) in [5.74, 6) is -0.0170. The number of nitrogens with two attached hydrogens (primary N) is 1. The number of nitrogens with zero attached hydrogens (tertiary/aromatic N) is 3. The predicted octanol–water partition coefficient (Wildman–Crippen LogP) is 2.37. The first kappa shape index (κ1) is 19.6. The second kappa shape index (κ2) is 7.94. The standard InChI is InChI=1S/C23H23N5O2/c1-3-11-27-19(24)17(22(29)25-14-16-9-5-4-6-10-16)13-18-21(27)26-20-15(2)8-7-12-28(20)23(18)30/h4-10,12-13,24H,3,11,14H2,1-2H3,(H,25,29)/p+1. The number of carbonyl (C=O) groups excluding carboxylic acids is 1. The SMILES string of the molecule is CCC[n+]1c(N)c(C(=O)NCc2ccccc2)cc2c(=O)n3cccc(C)c3nc21. The van der Waals surface area contributed by atoms with Gasteiger partial charge in [-0.15, -0.1) is 0 Å².